The zero-order valence-corrected chi connectivity index (χ0v) is 54.1. The number of aliphatic hydroxyl groups is 2. The number of ether oxygens (including phenoxy) is 5. The van der Waals surface area contributed by atoms with Gasteiger partial charge in [-0.3, -0.25) is 14.4 Å². The number of allylic oxidation sites excluding steroid dienone is 14. The number of carboxylic acids is 1. The number of hydrogen-bond donors (Lipinski definition) is 3. The zero-order chi connectivity index (χ0) is 61.7. The number of aliphatic hydroxyl groups excluding tert-OH is 2. The predicted octanol–water partition coefficient (Wildman–Crippen LogP) is 19.0. The number of esters is 3. The van der Waals surface area contributed by atoms with Gasteiger partial charge in [0.25, 0.3) is 0 Å². The lowest BCUT2D eigenvalue weighted by Gasteiger charge is -2.40. The number of unbranched alkanes of at least 4 members (excludes halogenated alkanes) is 31. The lowest BCUT2D eigenvalue weighted by atomic mass is 9.98. The average Bonchev–Trinajstić information content (AvgIpc) is 3.46. The Balaban J connectivity index is 2.68. The maximum Gasteiger partial charge on any atom is 0.335 e. The minimum Gasteiger partial charge on any atom is -0.479 e. The van der Waals surface area contributed by atoms with E-state index in [1.807, 2.05) is 12.2 Å². The van der Waals surface area contributed by atoms with Crippen LogP contribution in [-0.4, -0.2) is 89.2 Å². The van der Waals surface area contributed by atoms with E-state index in [-0.39, 0.29) is 25.9 Å². The SMILES string of the molecule is CC/C=C\C/C=C\C/C=C\C/C=C\C/C=C\C/C=C\CCC(=O)OCC(COC1OC(C(=O)O)C(O)C(O)C1OC(=O)CCCCCCCCC/C=C\CCCCCCCC)OC(=O)CCCCCCCCCCCCCCCCCCCCC. The number of carboxylic acid groups (broad SMARTS) is 1. The molecule has 1 aliphatic rings. The molecule has 1 fully saturated rings. The van der Waals surface area contributed by atoms with Crippen LogP contribution in [0.5, 0.6) is 0 Å². The smallest absolute Gasteiger partial charge is 0.335 e. The summed E-state index contributed by atoms with van der Waals surface area (Å²) in [5.74, 6) is -3.22. The quantitative estimate of drug-likeness (QED) is 0.0228. The molecule has 0 aromatic rings. The van der Waals surface area contributed by atoms with Crippen molar-refractivity contribution < 1.29 is 58.2 Å². The molecule has 0 amide bonds. The summed E-state index contributed by atoms with van der Waals surface area (Å²) in [5.41, 5.74) is 0. The van der Waals surface area contributed by atoms with Crippen molar-refractivity contribution in [2.24, 2.45) is 0 Å². The summed E-state index contributed by atoms with van der Waals surface area (Å²) in [6.45, 7) is 5.86. The lowest BCUT2D eigenvalue weighted by molar-refractivity contribution is -0.301. The molecule has 0 bridgehead atoms. The van der Waals surface area contributed by atoms with Crippen LogP contribution in [0.3, 0.4) is 0 Å². The third-order valence-electron chi connectivity index (χ3n) is 15.5. The van der Waals surface area contributed by atoms with Gasteiger partial charge in [-0.15, -0.1) is 0 Å². The first-order chi connectivity index (χ1) is 41.6. The molecule has 1 heterocycles. The number of carbonyl (C=O) groups excluding carboxylic acids is 3. The molecule has 0 aliphatic carbocycles. The maximum atomic E-state index is 13.2. The summed E-state index contributed by atoms with van der Waals surface area (Å²) < 4.78 is 28.5. The Morgan fingerprint density at radius 3 is 1.18 bits per heavy atom. The molecule has 1 rings (SSSR count). The molecule has 12 nitrogen and oxygen atoms in total. The van der Waals surface area contributed by atoms with Gasteiger partial charge in [-0.25, -0.2) is 4.79 Å². The van der Waals surface area contributed by atoms with Gasteiger partial charge in [-0.1, -0.05) is 286 Å². The van der Waals surface area contributed by atoms with Gasteiger partial charge in [0, 0.05) is 19.3 Å². The monoisotopic (exact) mass is 1190 g/mol. The standard InChI is InChI=1S/C73H124O12/c1-4-7-10-13-16-19-22-25-28-31-33-36-38-41-44-47-50-53-56-59-65(74)81-62-64(83-66(75)60-57-54-51-48-45-42-40-37-34-32-29-26-23-20-17-14-11-8-5-2)63-82-73-71(69(78)68(77)70(85-73)72(79)80)84-67(76)61-58-55-52-49-46-43-39-35-30-27-24-21-18-15-12-9-6-3/h7,10,16,19,25,27-28,30,33,36,41,44,50,53,64,68-71,73,77-78H,4-6,8-9,11-15,17-18,20-24,26,29,31-32,34-35,37-40,42-43,45-49,51-52,54-63H2,1-3H3,(H,79,80)/b10-7-,19-16-,28-25-,30-27-,36-33-,44-41-,53-50-. The van der Waals surface area contributed by atoms with Crippen molar-refractivity contribution in [1.82, 2.24) is 0 Å². The summed E-state index contributed by atoms with van der Waals surface area (Å²) in [5, 5.41) is 31.6. The van der Waals surface area contributed by atoms with Crippen LogP contribution >= 0.6 is 0 Å². The third-order valence-corrected chi connectivity index (χ3v) is 15.5. The second-order valence-electron chi connectivity index (χ2n) is 23.4. The molecule has 12 heteroatoms. The van der Waals surface area contributed by atoms with Gasteiger partial charge in [0.1, 0.15) is 18.8 Å². The number of rotatable bonds is 59. The summed E-state index contributed by atoms with van der Waals surface area (Å²) in [6, 6.07) is 0. The topological polar surface area (TPSA) is 175 Å². The Kier molecular flexibility index (Phi) is 55.9. The molecule has 6 atom stereocenters. The second kappa shape index (κ2) is 60.2. The minimum absolute atomic E-state index is 0.0476. The average molecular weight is 1190 g/mol. The van der Waals surface area contributed by atoms with Crippen molar-refractivity contribution in [3.8, 4) is 0 Å². The van der Waals surface area contributed by atoms with E-state index < -0.39 is 67.3 Å². The van der Waals surface area contributed by atoms with Crippen LogP contribution in [0.4, 0.5) is 0 Å². The third kappa shape index (κ3) is 49.6. The Bertz CT molecular complexity index is 1800. The highest BCUT2D eigenvalue weighted by Gasteiger charge is 2.50. The van der Waals surface area contributed by atoms with Gasteiger partial charge in [-0.05, 0) is 83.5 Å². The Labute approximate surface area is 518 Å². The molecule has 0 aromatic carbocycles. The number of hydrogen-bond acceptors (Lipinski definition) is 11. The van der Waals surface area contributed by atoms with Crippen molar-refractivity contribution in [2.75, 3.05) is 13.2 Å². The van der Waals surface area contributed by atoms with E-state index in [0.717, 1.165) is 96.3 Å². The van der Waals surface area contributed by atoms with Crippen molar-refractivity contribution in [1.29, 1.82) is 0 Å². The minimum atomic E-state index is -1.92. The normalized spacial score (nSPS) is 18.0. The predicted molar refractivity (Wildman–Crippen MR) is 349 cm³/mol. The summed E-state index contributed by atoms with van der Waals surface area (Å²) in [7, 11) is 0. The maximum absolute atomic E-state index is 13.2. The fourth-order valence-electron chi connectivity index (χ4n) is 10.2. The van der Waals surface area contributed by atoms with E-state index in [4.69, 9.17) is 23.7 Å². The first kappa shape index (κ1) is 78.9. The molecule has 1 aliphatic heterocycles. The summed E-state index contributed by atoms with van der Waals surface area (Å²) in [6.07, 6.45) is 66.9. The molecule has 488 valence electrons. The highest BCUT2D eigenvalue weighted by molar-refractivity contribution is 5.74. The van der Waals surface area contributed by atoms with Crippen LogP contribution in [0.1, 0.15) is 303 Å². The van der Waals surface area contributed by atoms with Crippen LogP contribution in [0.2, 0.25) is 0 Å². The first-order valence-electron chi connectivity index (χ1n) is 34.6. The van der Waals surface area contributed by atoms with Gasteiger partial charge < -0.3 is 39.0 Å². The molecule has 0 saturated carbocycles. The van der Waals surface area contributed by atoms with Gasteiger partial charge in [-0.2, -0.15) is 0 Å². The van der Waals surface area contributed by atoms with Gasteiger partial charge >= 0.3 is 23.9 Å². The van der Waals surface area contributed by atoms with Crippen LogP contribution in [0.25, 0.3) is 0 Å². The van der Waals surface area contributed by atoms with Gasteiger partial charge in [0.05, 0.1) is 6.61 Å². The molecule has 0 radical (unpaired) electrons. The van der Waals surface area contributed by atoms with E-state index in [1.54, 1.807) is 0 Å². The van der Waals surface area contributed by atoms with Gasteiger partial charge in [0.2, 0.25) is 0 Å². The van der Waals surface area contributed by atoms with Crippen LogP contribution in [-0.2, 0) is 42.9 Å². The van der Waals surface area contributed by atoms with Crippen molar-refractivity contribution >= 4 is 23.9 Å². The number of aliphatic carboxylic acids is 1. The first-order valence-corrected chi connectivity index (χ1v) is 34.6. The molecule has 0 spiro atoms. The van der Waals surface area contributed by atoms with Crippen molar-refractivity contribution in [3.63, 3.8) is 0 Å². The van der Waals surface area contributed by atoms with E-state index in [2.05, 4.69) is 93.7 Å². The Morgan fingerprint density at radius 2 is 0.765 bits per heavy atom. The molecule has 6 unspecified atom stereocenters. The molecule has 0 aromatic heterocycles. The molecular weight excluding hydrogens is 1070 g/mol. The van der Waals surface area contributed by atoms with E-state index in [1.165, 1.54) is 148 Å². The zero-order valence-electron chi connectivity index (χ0n) is 54.1. The largest absolute Gasteiger partial charge is 0.479 e. The highest BCUT2D eigenvalue weighted by Crippen LogP contribution is 2.27. The summed E-state index contributed by atoms with van der Waals surface area (Å²) in [4.78, 5) is 51.4. The lowest BCUT2D eigenvalue weighted by Crippen LogP contribution is -2.61. The fraction of sp³-hybridized carbons (Fsp3) is 0.753. The van der Waals surface area contributed by atoms with Crippen molar-refractivity contribution in [3.05, 3.63) is 85.1 Å². The van der Waals surface area contributed by atoms with E-state index >= 15 is 0 Å². The van der Waals surface area contributed by atoms with Crippen LogP contribution in [0.15, 0.2) is 85.1 Å². The Morgan fingerprint density at radius 1 is 0.400 bits per heavy atom. The molecule has 85 heavy (non-hydrogen) atoms. The van der Waals surface area contributed by atoms with E-state index in [0.29, 0.717) is 19.3 Å². The van der Waals surface area contributed by atoms with E-state index in [9.17, 15) is 34.5 Å². The van der Waals surface area contributed by atoms with Crippen LogP contribution < -0.4 is 0 Å². The summed E-state index contributed by atoms with van der Waals surface area (Å²) >= 11 is 0. The van der Waals surface area contributed by atoms with Crippen LogP contribution in [0, 0.1) is 0 Å². The molecule has 3 N–H and O–H groups in total. The Hall–Kier alpha value is -4.10. The van der Waals surface area contributed by atoms with Gasteiger partial charge in [0.15, 0.2) is 24.6 Å². The highest BCUT2D eigenvalue weighted by atomic mass is 16.7. The van der Waals surface area contributed by atoms with Crippen molar-refractivity contribution in [2.45, 2.75) is 340 Å². The molecule has 1 saturated heterocycles. The second-order valence-corrected chi connectivity index (χ2v) is 23.4. The molecular formula is C73H124O12. The number of carbonyl (C=O) groups is 4. The fourth-order valence-corrected chi connectivity index (χ4v) is 10.2.